The maximum atomic E-state index is 15.2. The number of hydrogen-bond acceptors (Lipinski definition) is 6. The average molecular weight is 504 g/mol. The van der Waals surface area contributed by atoms with E-state index in [1.54, 1.807) is 30.5 Å². The Morgan fingerprint density at radius 2 is 1.82 bits per heavy atom. The first-order valence-corrected chi connectivity index (χ1v) is 11.4. The van der Waals surface area contributed by atoms with E-state index in [1.807, 2.05) is 30.0 Å². The fourth-order valence-electron chi connectivity index (χ4n) is 4.32. The van der Waals surface area contributed by atoms with Crippen LogP contribution in [0.2, 0.25) is 10.0 Å². The van der Waals surface area contributed by atoms with E-state index in [2.05, 4.69) is 9.97 Å². The maximum Gasteiger partial charge on any atom is 0.319 e. The summed E-state index contributed by atoms with van der Waals surface area (Å²) in [7, 11) is 2.99. The first-order valence-electron chi connectivity index (χ1n) is 10.6. The van der Waals surface area contributed by atoms with E-state index in [1.165, 1.54) is 20.3 Å². The van der Waals surface area contributed by atoms with Crippen LogP contribution in [0.15, 0.2) is 54.7 Å². The lowest BCUT2D eigenvalue weighted by molar-refractivity contribution is 0.0962. The zero-order valence-corrected chi connectivity index (χ0v) is 20.4. The van der Waals surface area contributed by atoms with Gasteiger partial charge in [0.05, 0.1) is 43.5 Å². The summed E-state index contributed by atoms with van der Waals surface area (Å²) in [6.45, 7) is 1.72. The van der Waals surface area contributed by atoms with Crippen molar-refractivity contribution < 1.29 is 19.0 Å². The van der Waals surface area contributed by atoms with Gasteiger partial charge in [-0.05, 0) is 36.3 Å². The maximum absolute atomic E-state index is 15.2. The van der Waals surface area contributed by atoms with Crippen molar-refractivity contribution in [2.45, 2.75) is 25.0 Å². The molecule has 6 nitrogen and oxygen atoms in total. The largest absolute Gasteiger partial charge is 0.481 e. The van der Waals surface area contributed by atoms with Crippen LogP contribution in [0.4, 0.5) is 4.39 Å². The molecule has 2 heterocycles. The molecule has 0 fully saturated rings. The summed E-state index contributed by atoms with van der Waals surface area (Å²) in [5.41, 5.74) is 2.80. The predicted octanol–water partition coefficient (Wildman–Crippen LogP) is 5.50. The third-order valence-electron chi connectivity index (χ3n) is 5.93. The van der Waals surface area contributed by atoms with Crippen LogP contribution in [0.1, 0.15) is 35.7 Å². The first kappa shape index (κ1) is 24.4. The van der Waals surface area contributed by atoms with E-state index in [0.717, 1.165) is 11.1 Å². The smallest absolute Gasteiger partial charge is 0.319 e. The second kappa shape index (κ2) is 10.3. The summed E-state index contributed by atoms with van der Waals surface area (Å²) in [6.07, 6.45) is 3.60. The Hall–Kier alpha value is -2.71. The molecule has 2 aromatic carbocycles. The van der Waals surface area contributed by atoms with Crippen molar-refractivity contribution in [3.05, 3.63) is 87.3 Å². The second-order valence-corrected chi connectivity index (χ2v) is 8.76. The van der Waals surface area contributed by atoms with Crippen LogP contribution in [0.5, 0.6) is 11.9 Å². The SMILES string of the molecule is COc1ncc([C@H]2C(c3ccc(Cl)cc3)=C[C@H](c3cccc(Cl)c3F)N2[C@H](C)CO)c(OC)n1. The number of aliphatic hydroxyl groups excluding tert-OH is 1. The summed E-state index contributed by atoms with van der Waals surface area (Å²) < 4.78 is 26.0. The van der Waals surface area contributed by atoms with Gasteiger partial charge in [0.2, 0.25) is 5.88 Å². The molecule has 9 heteroatoms. The Kier molecular flexibility index (Phi) is 7.38. The zero-order valence-electron chi connectivity index (χ0n) is 18.9. The van der Waals surface area contributed by atoms with Gasteiger partial charge in [-0.25, -0.2) is 9.37 Å². The van der Waals surface area contributed by atoms with Gasteiger partial charge in [0.15, 0.2) is 0 Å². The molecule has 4 rings (SSSR count). The van der Waals surface area contributed by atoms with E-state index in [-0.39, 0.29) is 23.7 Å². The van der Waals surface area contributed by atoms with Crippen molar-refractivity contribution in [2.75, 3.05) is 20.8 Å². The van der Waals surface area contributed by atoms with E-state index in [0.29, 0.717) is 22.0 Å². The second-order valence-electron chi connectivity index (χ2n) is 7.92. The minimum atomic E-state index is -0.525. The Morgan fingerprint density at radius 3 is 2.47 bits per heavy atom. The number of nitrogens with zero attached hydrogens (tertiary/aromatic N) is 3. The van der Waals surface area contributed by atoms with Crippen molar-refractivity contribution in [3.8, 4) is 11.9 Å². The quantitative estimate of drug-likeness (QED) is 0.458. The molecule has 0 radical (unpaired) electrons. The Bertz CT molecular complexity index is 1210. The molecule has 3 aromatic rings. The average Bonchev–Trinajstić information content (AvgIpc) is 3.25. The number of aliphatic hydroxyl groups is 1. The number of halogens is 3. The molecule has 0 saturated heterocycles. The van der Waals surface area contributed by atoms with Crippen LogP contribution < -0.4 is 9.47 Å². The lowest BCUT2D eigenvalue weighted by atomic mass is 9.94. The van der Waals surface area contributed by atoms with E-state index in [9.17, 15) is 5.11 Å². The molecule has 0 saturated carbocycles. The van der Waals surface area contributed by atoms with Gasteiger partial charge in [-0.2, -0.15) is 4.98 Å². The predicted molar refractivity (Wildman–Crippen MR) is 130 cm³/mol. The Morgan fingerprint density at radius 1 is 1.09 bits per heavy atom. The highest BCUT2D eigenvalue weighted by atomic mass is 35.5. The third kappa shape index (κ3) is 4.49. The van der Waals surface area contributed by atoms with Crippen LogP contribution in [0, 0.1) is 5.82 Å². The summed E-state index contributed by atoms with van der Waals surface area (Å²) in [6, 6.07) is 11.1. The highest BCUT2D eigenvalue weighted by Gasteiger charge is 2.42. The van der Waals surface area contributed by atoms with Crippen LogP contribution in [-0.4, -0.2) is 46.8 Å². The van der Waals surface area contributed by atoms with Crippen LogP contribution >= 0.6 is 23.2 Å². The summed E-state index contributed by atoms with van der Waals surface area (Å²) >= 11 is 12.3. The van der Waals surface area contributed by atoms with Crippen molar-refractivity contribution >= 4 is 28.8 Å². The molecule has 178 valence electrons. The summed E-state index contributed by atoms with van der Waals surface area (Å²) in [5.74, 6) is -0.186. The Labute approximate surface area is 207 Å². The summed E-state index contributed by atoms with van der Waals surface area (Å²) in [4.78, 5) is 10.7. The normalized spacial score (nSPS) is 19.1. The molecule has 1 aliphatic heterocycles. The standard InChI is InChI=1S/C25H24Cl2FN3O3/c1-14(13-32)31-21(17-5-4-6-20(27)22(17)28)11-18(15-7-9-16(26)10-8-15)23(31)19-12-29-25(34-3)30-24(19)33-2/h4-12,14,21,23,32H,13H2,1-3H3/t14-,21-,23-/m1/s1. The number of aromatic nitrogens is 2. The van der Waals surface area contributed by atoms with Gasteiger partial charge in [-0.1, -0.05) is 53.5 Å². The van der Waals surface area contributed by atoms with Gasteiger partial charge in [0.25, 0.3) is 0 Å². The van der Waals surface area contributed by atoms with Crippen molar-refractivity contribution in [2.24, 2.45) is 0 Å². The third-order valence-corrected chi connectivity index (χ3v) is 6.47. The molecule has 0 bridgehead atoms. The zero-order chi connectivity index (χ0) is 24.4. The number of ether oxygens (including phenoxy) is 2. The number of benzene rings is 2. The molecule has 0 aliphatic carbocycles. The fourth-order valence-corrected chi connectivity index (χ4v) is 4.63. The topological polar surface area (TPSA) is 67.7 Å². The summed E-state index contributed by atoms with van der Waals surface area (Å²) in [5, 5.41) is 10.8. The molecule has 34 heavy (non-hydrogen) atoms. The minimum absolute atomic E-state index is 0.0318. The van der Waals surface area contributed by atoms with Crippen LogP contribution in [0.3, 0.4) is 0 Å². The number of hydrogen-bond donors (Lipinski definition) is 1. The monoisotopic (exact) mass is 503 g/mol. The van der Waals surface area contributed by atoms with Crippen LogP contribution in [0.25, 0.3) is 5.57 Å². The van der Waals surface area contributed by atoms with E-state index < -0.39 is 17.9 Å². The van der Waals surface area contributed by atoms with Gasteiger partial charge >= 0.3 is 6.01 Å². The number of methoxy groups -OCH3 is 2. The fraction of sp³-hybridized carbons (Fsp3) is 0.280. The lowest BCUT2D eigenvalue weighted by Gasteiger charge is -2.36. The molecule has 0 unspecified atom stereocenters. The van der Waals surface area contributed by atoms with Crippen molar-refractivity contribution in [1.29, 1.82) is 0 Å². The van der Waals surface area contributed by atoms with Crippen molar-refractivity contribution in [3.63, 3.8) is 0 Å². The molecule has 1 N–H and O–H groups in total. The van der Waals surface area contributed by atoms with Gasteiger partial charge < -0.3 is 14.6 Å². The van der Waals surface area contributed by atoms with E-state index >= 15 is 4.39 Å². The van der Waals surface area contributed by atoms with Crippen molar-refractivity contribution in [1.82, 2.24) is 14.9 Å². The molecule has 0 spiro atoms. The lowest BCUT2D eigenvalue weighted by Crippen LogP contribution is -2.38. The number of rotatable bonds is 7. The minimum Gasteiger partial charge on any atom is -0.481 e. The highest BCUT2D eigenvalue weighted by molar-refractivity contribution is 6.31. The van der Waals surface area contributed by atoms with Gasteiger partial charge in [-0.3, -0.25) is 4.90 Å². The van der Waals surface area contributed by atoms with Gasteiger partial charge in [0.1, 0.15) is 5.82 Å². The highest BCUT2D eigenvalue weighted by Crippen LogP contribution is 2.51. The Balaban J connectivity index is 1.96. The van der Waals surface area contributed by atoms with Crippen LogP contribution in [-0.2, 0) is 0 Å². The molecular weight excluding hydrogens is 480 g/mol. The molecular formula is C25H24Cl2FN3O3. The molecule has 0 amide bonds. The molecule has 1 aromatic heterocycles. The van der Waals surface area contributed by atoms with Gasteiger partial charge in [0, 0.05) is 22.8 Å². The molecule has 1 aliphatic rings. The molecule has 3 atom stereocenters. The first-order chi connectivity index (χ1) is 16.4. The van der Waals surface area contributed by atoms with E-state index in [4.69, 9.17) is 32.7 Å². The van der Waals surface area contributed by atoms with Gasteiger partial charge in [-0.15, -0.1) is 0 Å².